The number of carboxylic acids is 1. The maximum atomic E-state index is 10.8. The molecule has 1 aliphatic rings. The smallest absolute Gasteiger partial charge is 0.335 e. The highest BCUT2D eigenvalue weighted by Crippen LogP contribution is 2.15. The Labute approximate surface area is 161 Å². The van der Waals surface area contributed by atoms with Crippen LogP contribution in [0.25, 0.3) is 0 Å². The first-order chi connectivity index (χ1) is 13.2. The van der Waals surface area contributed by atoms with E-state index in [9.17, 15) is 4.79 Å². The number of aromatic carboxylic acids is 1. The number of nitrogens with zero attached hydrogens (tertiary/aromatic N) is 2. The first kappa shape index (κ1) is 19.4. The van der Waals surface area contributed by atoms with Crippen LogP contribution in [0.15, 0.2) is 54.6 Å². The first-order valence-corrected chi connectivity index (χ1v) is 9.78. The number of carboxylic acid groups (broad SMARTS) is 1. The Morgan fingerprint density at radius 1 is 0.926 bits per heavy atom. The monoisotopic (exact) mass is 367 g/mol. The topological polar surface area (TPSA) is 55.8 Å². The van der Waals surface area contributed by atoms with Gasteiger partial charge in [-0.2, -0.15) is 0 Å². The Morgan fingerprint density at radius 3 is 2.30 bits per heavy atom. The van der Waals surface area contributed by atoms with Gasteiger partial charge in [-0.15, -0.1) is 0 Å². The molecule has 3 rings (SSSR count). The van der Waals surface area contributed by atoms with Crippen LogP contribution in [0.4, 0.5) is 5.69 Å². The molecule has 0 radical (unpaired) electrons. The van der Waals surface area contributed by atoms with Crippen LogP contribution in [0.1, 0.15) is 28.8 Å². The standard InChI is InChI=1S/C22H29N3O2/c26-22(27)20-10-8-19(9-11-20)18-23-12-4-5-13-24-14-16-25(17-15-24)21-6-2-1-3-7-21/h1-3,6-11,23H,4-5,12-18H2,(H,26,27). The number of hydrogen-bond donors (Lipinski definition) is 2. The average Bonchev–Trinajstić information content (AvgIpc) is 2.72. The van der Waals surface area contributed by atoms with Crippen molar-refractivity contribution in [3.8, 4) is 0 Å². The molecule has 144 valence electrons. The van der Waals surface area contributed by atoms with E-state index >= 15 is 0 Å². The summed E-state index contributed by atoms with van der Waals surface area (Å²) in [5, 5.41) is 12.3. The molecule has 5 nitrogen and oxygen atoms in total. The third-order valence-corrected chi connectivity index (χ3v) is 5.10. The summed E-state index contributed by atoms with van der Waals surface area (Å²) in [5.74, 6) is -0.876. The van der Waals surface area contributed by atoms with Gasteiger partial charge in [0.2, 0.25) is 0 Å². The largest absolute Gasteiger partial charge is 0.478 e. The third kappa shape index (κ3) is 6.08. The third-order valence-electron chi connectivity index (χ3n) is 5.10. The predicted molar refractivity (Wildman–Crippen MR) is 109 cm³/mol. The van der Waals surface area contributed by atoms with Crippen LogP contribution < -0.4 is 10.2 Å². The van der Waals surface area contributed by atoms with Gasteiger partial charge in [0.1, 0.15) is 0 Å². The predicted octanol–water partition coefficient (Wildman–Crippen LogP) is 3.08. The van der Waals surface area contributed by atoms with Crippen molar-refractivity contribution in [1.29, 1.82) is 0 Å². The maximum absolute atomic E-state index is 10.8. The van der Waals surface area contributed by atoms with Crippen molar-refractivity contribution in [3.05, 3.63) is 65.7 Å². The molecule has 2 aromatic rings. The molecule has 1 saturated heterocycles. The van der Waals surface area contributed by atoms with Gasteiger partial charge in [-0.3, -0.25) is 4.90 Å². The molecule has 5 heteroatoms. The lowest BCUT2D eigenvalue weighted by atomic mass is 10.1. The minimum Gasteiger partial charge on any atom is -0.478 e. The number of unbranched alkanes of at least 4 members (excludes halogenated alkanes) is 1. The second kappa shape index (κ2) is 10.1. The Kier molecular flexibility index (Phi) is 7.25. The van der Waals surface area contributed by atoms with E-state index in [-0.39, 0.29) is 0 Å². The number of piperazine rings is 1. The summed E-state index contributed by atoms with van der Waals surface area (Å²) in [4.78, 5) is 15.9. The normalized spacial score (nSPS) is 15.0. The summed E-state index contributed by atoms with van der Waals surface area (Å²) >= 11 is 0. The van der Waals surface area contributed by atoms with Gasteiger partial charge < -0.3 is 15.3 Å². The Balaban J connectivity index is 1.25. The molecule has 2 N–H and O–H groups in total. The van der Waals surface area contributed by atoms with E-state index in [4.69, 9.17) is 5.11 Å². The second-order valence-corrected chi connectivity index (χ2v) is 7.05. The van der Waals surface area contributed by atoms with E-state index in [1.54, 1.807) is 12.1 Å². The number of carbonyl (C=O) groups is 1. The Bertz CT molecular complexity index is 695. The summed E-state index contributed by atoms with van der Waals surface area (Å²) in [6.45, 7) is 7.43. The molecular weight excluding hydrogens is 338 g/mol. The molecule has 0 aliphatic carbocycles. The number of para-hydroxylation sites is 1. The summed E-state index contributed by atoms with van der Waals surface area (Å²) in [7, 11) is 0. The van der Waals surface area contributed by atoms with E-state index < -0.39 is 5.97 Å². The average molecular weight is 367 g/mol. The van der Waals surface area contributed by atoms with Crippen molar-refractivity contribution in [1.82, 2.24) is 10.2 Å². The lowest BCUT2D eigenvalue weighted by Crippen LogP contribution is -2.46. The summed E-state index contributed by atoms with van der Waals surface area (Å²) in [6, 6.07) is 17.7. The summed E-state index contributed by atoms with van der Waals surface area (Å²) in [5.41, 5.74) is 2.79. The molecule has 0 amide bonds. The van der Waals surface area contributed by atoms with Crippen LogP contribution in [0.2, 0.25) is 0 Å². The van der Waals surface area contributed by atoms with Gasteiger partial charge in [-0.1, -0.05) is 30.3 Å². The Hall–Kier alpha value is -2.37. The van der Waals surface area contributed by atoms with E-state index in [2.05, 4.69) is 45.4 Å². The van der Waals surface area contributed by atoms with E-state index in [0.29, 0.717) is 5.56 Å². The quantitative estimate of drug-likeness (QED) is 0.667. The first-order valence-electron chi connectivity index (χ1n) is 9.78. The molecule has 0 unspecified atom stereocenters. The number of anilines is 1. The minimum absolute atomic E-state index is 0.339. The van der Waals surface area contributed by atoms with Gasteiger partial charge in [0.25, 0.3) is 0 Å². The van der Waals surface area contributed by atoms with E-state index in [1.165, 1.54) is 12.1 Å². The van der Waals surface area contributed by atoms with Crippen molar-refractivity contribution in [2.45, 2.75) is 19.4 Å². The van der Waals surface area contributed by atoms with Crippen LogP contribution >= 0.6 is 0 Å². The molecule has 1 fully saturated rings. The van der Waals surface area contributed by atoms with Gasteiger partial charge in [0.05, 0.1) is 5.56 Å². The minimum atomic E-state index is -0.876. The number of benzene rings is 2. The molecule has 0 bridgehead atoms. The highest BCUT2D eigenvalue weighted by atomic mass is 16.4. The number of rotatable bonds is 9. The van der Waals surface area contributed by atoms with Crippen molar-refractivity contribution in [2.24, 2.45) is 0 Å². The van der Waals surface area contributed by atoms with Crippen LogP contribution in [0, 0.1) is 0 Å². The van der Waals surface area contributed by atoms with Crippen molar-refractivity contribution in [2.75, 3.05) is 44.2 Å². The van der Waals surface area contributed by atoms with Crippen molar-refractivity contribution in [3.63, 3.8) is 0 Å². The van der Waals surface area contributed by atoms with Gasteiger partial charge in [0, 0.05) is 38.4 Å². The summed E-state index contributed by atoms with van der Waals surface area (Å²) in [6.07, 6.45) is 2.36. The zero-order chi connectivity index (χ0) is 18.9. The number of hydrogen-bond acceptors (Lipinski definition) is 4. The van der Waals surface area contributed by atoms with Crippen LogP contribution in [-0.2, 0) is 6.54 Å². The van der Waals surface area contributed by atoms with Gasteiger partial charge in [-0.25, -0.2) is 4.79 Å². The lowest BCUT2D eigenvalue weighted by molar-refractivity contribution is 0.0697. The van der Waals surface area contributed by atoms with Crippen molar-refractivity contribution >= 4 is 11.7 Å². The fourth-order valence-corrected chi connectivity index (χ4v) is 3.45. The fraction of sp³-hybridized carbons (Fsp3) is 0.409. The molecule has 2 aromatic carbocycles. The fourth-order valence-electron chi connectivity index (χ4n) is 3.45. The molecular formula is C22H29N3O2. The zero-order valence-corrected chi connectivity index (χ0v) is 15.8. The molecule has 0 spiro atoms. The Morgan fingerprint density at radius 2 is 1.63 bits per heavy atom. The van der Waals surface area contributed by atoms with E-state index in [1.807, 2.05) is 12.1 Å². The highest BCUT2D eigenvalue weighted by molar-refractivity contribution is 5.87. The second-order valence-electron chi connectivity index (χ2n) is 7.05. The SMILES string of the molecule is O=C(O)c1ccc(CNCCCCN2CCN(c3ccccc3)CC2)cc1. The van der Waals surface area contributed by atoms with Gasteiger partial charge >= 0.3 is 5.97 Å². The van der Waals surface area contributed by atoms with Gasteiger partial charge in [0.15, 0.2) is 0 Å². The molecule has 0 atom stereocenters. The lowest BCUT2D eigenvalue weighted by Gasteiger charge is -2.36. The molecule has 0 aromatic heterocycles. The van der Waals surface area contributed by atoms with Crippen LogP contribution in [-0.4, -0.2) is 55.2 Å². The van der Waals surface area contributed by atoms with Gasteiger partial charge in [-0.05, 0) is 55.8 Å². The van der Waals surface area contributed by atoms with Crippen molar-refractivity contribution < 1.29 is 9.90 Å². The summed E-state index contributed by atoms with van der Waals surface area (Å²) < 4.78 is 0. The van der Waals surface area contributed by atoms with Crippen LogP contribution in [0.3, 0.4) is 0 Å². The number of nitrogens with one attached hydrogen (secondary N) is 1. The molecule has 1 heterocycles. The maximum Gasteiger partial charge on any atom is 0.335 e. The van der Waals surface area contributed by atoms with E-state index in [0.717, 1.165) is 57.8 Å². The molecule has 0 saturated carbocycles. The zero-order valence-electron chi connectivity index (χ0n) is 15.8. The highest BCUT2D eigenvalue weighted by Gasteiger charge is 2.16. The molecule has 27 heavy (non-hydrogen) atoms. The molecule has 1 aliphatic heterocycles. The van der Waals surface area contributed by atoms with Crippen LogP contribution in [0.5, 0.6) is 0 Å².